The van der Waals surface area contributed by atoms with Crippen molar-refractivity contribution in [2.75, 3.05) is 20.1 Å². The van der Waals surface area contributed by atoms with E-state index in [9.17, 15) is 4.91 Å². The first kappa shape index (κ1) is 7.66. The summed E-state index contributed by atoms with van der Waals surface area (Å²) in [7, 11) is 2.05. The van der Waals surface area contributed by atoms with E-state index in [1.807, 2.05) is 0 Å². The minimum Gasteiger partial charge on any atom is -0.301 e. The number of nitrogens with zero attached hydrogens (tertiary/aromatic N) is 2. The standard InChI is InChI=1S/C7H14N2O/c1-6-3-4-9(2)7(6)5-8-10/h6-7H,3-5H2,1-2H3. The Bertz CT molecular complexity index is 117. The average Bonchev–Trinajstić information content (AvgIpc) is 2.20. The molecule has 10 heavy (non-hydrogen) atoms. The molecular formula is C7H14N2O. The fraction of sp³-hybridized carbons (Fsp3) is 1.00. The zero-order valence-electron chi connectivity index (χ0n) is 6.58. The third-order valence-corrected chi connectivity index (χ3v) is 2.42. The molecule has 1 heterocycles. The van der Waals surface area contributed by atoms with Crippen LogP contribution in [0.3, 0.4) is 0 Å². The number of rotatable bonds is 2. The van der Waals surface area contributed by atoms with Gasteiger partial charge in [-0.3, -0.25) is 0 Å². The van der Waals surface area contributed by atoms with E-state index >= 15 is 0 Å². The highest BCUT2D eigenvalue weighted by Gasteiger charge is 2.27. The van der Waals surface area contributed by atoms with Gasteiger partial charge < -0.3 is 4.90 Å². The Labute approximate surface area is 61.4 Å². The molecule has 0 aromatic heterocycles. The molecule has 2 unspecified atom stereocenters. The van der Waals surface area contributed by atoms with Crippen molar-refractivity contribution in [2.24, 2.45) is 11.1 Å². The van der Waals surface area contributed by atoms with E-state index in [4.69, 9.17) is 0 Å². The highest BCUT2D eigenvalue weighted by Crippen LogP contribution is 2.21. The van der Waals surface area contributed by atoms with Crippen LogP contribution in [-0.4, -0.2) is 31.1 Å². The summed E-state index contributed by atoms with van der Waals surface area (Å²) < 4.78 is 0. The molecule has 0 spiro atoms. The fourth-order valence-electron chi connectivity index (χ4n) is 1.60. The minimum absolute atomic E-state index is 0.400. The quantitative estimate of drug-likeness (QED) is 0.541. The van der Waals surface area contributed by atoms with Gasteiger partial charge in [-0.1, -0.05) is 12.1 Å². The maximum atomic E-state index is 9.98. The SMILES string of the molecule is CC1CCN(C)C1CN=O. The Morgan fingerprint density at radius 1 is 1.70 bits per heavy atom. The second-order valence-corrected chi connectivity index (χ2v) is 3.13. The van der Waals surface area contributed by atoms with Gasteiger partial charge in [-0.15, -0.1) is 0 Å². The molecule has 58 valence electrons. The number of nitroso groups, excluding NO2 is 1. The zero-order valence-corrected chi connectivity index (χ0v) is 6.58. The van der Waals surface area contributed by atoms with Gasteiger partial charge in [0.15, 0.2) is 0 Å². The molecule has 0 aromatic carbocycles. The van der Waals surface area contributed by atoms with E-state index in [1.54, 1.807) is 0 Å². The van der Waals surface area contributed by atoms with E-state index in [2.05, 4.69) is 24.0 Å². The Morgan fingerprint density at radius 3 is 2.80 bits per heavy atom. The number of hydrogen-bond acceptors (Lipinski definition) is 3. The topological polar surface area (TPSA) is 32.7 Å². The molecule has 3 heteroatoms. The minimum atomic E-state index is 0.400. The molecule has 0 amide bonds. The first-order valence-corrected chi connectivity index (χ1v) is 3.75. The predicted octanol–water partition coefficient (Wildman–Crippen LogP) is 1.09. The molecule has 3 nitrogen and oxygen atoms in total. The maximum absolute atomic E-state index is 9.98. The molecule has 0 saturated carbocycles. The van der Waals surface area contributed by atoms with Crippen molar-refractivity contribution in [3.8, 4) is 0 Å². The number of likely N-dealkylation sites (tertiary alicyclic amines) is 1. The van der Waals surface area contributed by atoms with E-state index < -0.39 is 0 Å². The van der Waals surface area contributed by atoms with Crippen molar-refractivity contribution in [1.29, 1.82) is 0 Å². The van der Waals surface area contributed by atoms with Crippen LogP contribution in [0.15, 0.2) is 5.18 Å². The third-order valence-electron chi connectivity index (χ3n) is 2.42. The molecule has 0 aromatic rings. The second-order valence-electron chi connectivity index (χ2n) is 3.13. The lowest BCUT2D eigenvalue weighted by atomic mass is 10.0. The van der Waals surface area contributed by atoms with Crippen LogP contribution >= 0.6 is 0 Å². The fourth-order valence-corrected chi connectivity index (χ4v) is 1.60. The summed E-state index contributed by atoms with van der Waals surface area (Å²) in [6.07, 6.45) is 1.21. The monoisotopic (exact) mass is 142 g/mol. The molecule has 1 aliphatic heterocycles. The van der Waals surface area contributed by atoms with Crippen molar-refractivity contribution in [3.05, 3.63) is 4.91 Å². The summed E-state index contributed by atoms with van der Waals surface area (Å²) in [6.45, 7) is 3.75. The van der Waals surface area contributed by atoms with Crippen molar-refractivity contribution in [1.82, 2.24) is 4.90 Å². The molecule has 1 fully saturated rings. The number of likely N-dealkylation sites (N-methyl/N-ethyl adjacent to an activating group) is 1. The molecule has 1 aliphatic rings. The lowest BCUT2D eigenvalue weighted by molar-refractivity contribution is 0.286. The summed E-state index contributed by atoms with van der Waals surface area (Å²) in [5.41, 5.74) is 0. The lowest BCUT2D eigenvalue weighted by Gasteiger charge is -2.18. The molecule has 1 saturated heterocycles. The van der Waals surface area contributed by atoms with Crippen LogP contribution in [0.2, 0.25) is 0 Å². The predicted molar refractivity (Wildman–Crippen MR) is 40.9 cm³/mol. The van der Waals surface area contributed by atoms with Crippen LogP contribution in [0.1, 0.15) is 13.3 Å². The van der Waals surface area contributed by atoms with Crippen molar-refractivity contribution >= 4 is 0 Å². The molecule has 1 rings (SSSR count). The Kier molecular flexibility index (Phi) is 2.38. The van der Waals surface area contributed by atoms with Crippen molar-refractivity contribution in [3.63, 3.8) is 0 Å². The van der Waals surface area contributed by atoms with Crippen LogP contribution in [0.4, 0.5) is 0 Å². The van der Waals surface area contributed by atoms with E-state index in [0.717, 1.165) is 6.54 Å². The van der Waals surface area contributed by atoms with E-state index in [0.29, 0.717) is 18.5 Å². The first-order valence-electron chi connectivity index (χ1n) is 3.75. The molecule has 0 N–H and O–H groups in total. The van der Waals surface area contributed by atoms with Crippen LogP contribution in [0.25, 0.3) is 0 Å². The second kappa shape index (κ2) is 3.10. The summed E-state index contributed by atoms with van der Waals surface area (Å²) >= 11 is 0. The van der Waals surface area contributed by atoms with Gasteiger partial charge in [0.2, 0.25) is 0 Å². The Morgan fingerprint density at radius 2 is 2.40 bits per heavy atom. The van der Waals surface area contributed by atoms with Crippen LogP contribution in [-0.2, 0) is 0 Å². The van der Waals surface area contributed by atoms with Gasteiger partial charge >= 0.3 is 0 Å². The van der Waals surface area contributed by atoms with Gasteiger partial charge in [-0.05, 0) is 25.9 Å². The average molecular weight is 142 g/mol. The van der Waals surface area contributed by atoms with Gasteiger partial charge in [0.05, 0.1) is 6.54 Å². The molecule has 2 atom stereocenters. The largest absolute Gasteiger partial charge is 0.301 e. The van der Waals surface area contributed by atoms with Gasteiger partial charge in [0.25, 0.3) is 0 Å². The van der Waals surface area contributed by atoms with Crippen LogP contribution in [0, 0.1) is 10.8 Å². The molecule has 0 bridgehead atoms. The van der Waals surface area contributed by atoms with E-state index in [1.165, 1.54) is 6.42 Å². The van der Waals surface area contributed by atoms with E-state index in [-0.39, 0.29) is 0 Å². The number of hydrogen-bond donors (Lipinski definition) is 0. The summed E-state index contributed by atoms with van der Waals surface area (Å²) in [6, 6.07) is 0.400. The Hall–Kier alpha value is -0.440. The maximum Gasteiger partial charge on any atom is 0.0968 e. The smallest absolute Gasteiger partial charge is 0.0968 e. The summed E-state index contributed by atoms with van der Waals surface area (Å²) in [5.74, 6) is 0.641. The van der Waals surface area contributed by atoms with Crippen LogP contribution < -0.4 is 0 Å². The molecular weight excluding hydrogens is 128 g/mol. The van der Waals surface area contributed by atoms with Gasteiger partial charge in [0, 0.05) is 6.04 Å². The molecule has 0 radical (unpaired) electrons. The normalized spacial score (nSPS) is 34.6. The molecule has 0 aliphatic carbocycles. The highest BCUT2D eigenvalue weighted by atomic mass is 16.3. The third kappa shape index (κ3) is 1.34. The van der Waals surface area contributed by atoms with Gasteiger partial charge in [-0.25, -0.2) is 0 Å². The first-order chi connectivity index (χ1) is 4.75. The zero-order chi connectivity index (χ0) is 7.56. The van der Waals surface area contributed by atoms with Crippen LogP contribution in [0.5, 0.6) is 0 Å². The van der Waals surface area contributed by atoms with Crippen molar-refractivity contribution in [2.45, 2.75) is 19.4 Å². The lowest BCUT2D eigenvalue weighted by Crippen LogP contribution is -2.30. The highest BCUT2D eigenvalue weighted by molar-refractivity contribution is 4.83. The summed E-state index contributed by atoms with van der Waals surface area (Å²) in [4.78, 5) is 12.2. The van der Waals surface area contributed by atoms with Crippen molar-refractivity contribution < 1.29 is 0 Å². The van der Waals surface area contributed by atoms with Gasteiger partial charge in [0.1, 0.15) is 0 Å². The summed E-state index contributed by atoms with van der Waals surface area (Å²) in [5, 5.41) is 2.93. The van der Waals surface area contributed by atoms with Gasteiger partial charge in [-0.2, -0.15) is 4.91 Å². The Balaban J connectivity index is 2.45.